The number of nitrogens with one attached hydrogen (secondary N) is 2. The van der Waals surface area contributed by atoms with E-state index in [4.69, 9.17) is 0 Å². The first-order valence-corrected chi connectivity index (χ1v) is 7.81. The van der Waals surface area contributed by atoms with Crippen LogP contribution in [0.3, 0.4) is 0 Å². The maximum absolute atomic E-state index is 12.2. The topological polar surface area (TPSA) is 75.3 Å². The average molecular weight is 280 g/mol. The van der Waals surface area contributed by atoms with Crippen molar-refractivity contribution >= 4 is 15.8 Å². The van der Waals surface area contributed by atoms with Gasteiger partial charge in [0.15, 0.2) is 5.78 Å². The van der Waals surface area contributed by atoms with Crippen molar-refractivity contribution in [1.29, 1.82) is 0 Å². The van der Waals surface area contributed by atoms with E-state index in [1.807, 2.05) is 0 Å². The zero-order chi connectivity index (χ0) is 13.6. The van der Waals surface area contributed by atoms with E-state index in [1.54, 1.807) is 12.1 Å². The fourth-order valence-electron chi connectivity index (χ4n) is 2.72. The molecule has 0 aromatic heterocycles. The molecule has 0 spiro atoms. The zero-order valence-corrected chi connectivity index (χ0v) is 11.4. The van der Waals surface area contributed by atoms with Crippen molar-refractivity contribution in [3.05, 3.63) is 29.8 Å². The molecule has 2 unspecified atom stereocenters. The van der Waals surface area contributed by atoms with E-state index < -0.39 is 10.0 Å². The van der Waals surface area contributed by atoms with E-state index in [0.29, 0.717) is 17.4 Å². The van der Waals surface area contributed by atoms with Gasteiger partial charge in [0.2, 0.25) is 10.0 Å². The van der Waals surface area contributed by atoms with Gasteiger partial charge < -0.3 is 5.32 Å². The summed E-state index contributed by atoms with van der Waals surface area (Å²) in [5, 5.41) is 3.22. The van der Waals surface area contributed by atoms with Crippen molar-refractivity contribution in [2.24, 2.45) is 11.8 Å². The number of carbonyl (C=O) groups excluding carboxylic acids is 1. The van der Waals surface area contributed by atoms with E-state index in [-0.39, 0.29) is 16.7 Å². The van der Waals surface area contributed by atoms with E-state index >= 15 is 0 Å². The molecule has 1 aromatic rings. The van der Waals surface area contributed by atoms with Crippen LogP contribution in [0.5, 0.6) is 0 Å². The summed E-state index contributed by atoms with van der Waals surface area (Å²) in [5.41, 5.74) is 0.417. The SMILES string of the molecule is CC(=O)c1cccc(S(=O)(=O)NC2C3CNCC32)c1. The molecule has 1 aliphatic carbocycles. The number of Topliss-reactive ketones (excluding diaryl/α,β-unsaturated/α-hetero) is 1. The molecule has 0 radical (unpaired) electrons. The van der Waals surface area contributed by atoms with Crippen molar-refractivity contribution in [3.8, 4) is 0 Å². The fourth-order valence-corrected chi connectivity index (χ4v) is 4.11. The highest BCUT2D eigenvalue weighted by molar-refractivity contribution is 7.89. The second kappa shape index (κ2) is 4.40. The number of sulfonamides is 1. The van der Waals surface area contributed by atoms with Gasteiger partial charge in [-0.05, 0) is 44.0 Å². The summed E-state index contributed by atoms with van der Waals surface area (Å²) in [6.07, 6.45) is 0. The van der Waals surface area contributed by atoms with Crippen LogP contribution in [0.15, 0.2) is 29.2 Å². The lowest BCUT2D eigenvalue weighted by Crippen LogP contribution is -2.32. The van der Waals surface area contributed by atoms with Crippen molar-refractivity contribution in [1.82, 2.24) is 10.0 Å². The predicted octanol–water partition coefficient (Wildman–Crippen LogP) is 0.385. The Labute approximate surface area is 112 Å². The molecule has 2 fully saturated rings. The third-order valence-electron chi connectivity index (χ3n) is 3.93. The Balaban J connectivity index is 1.80. The van der Waals surface area contributed by atoms with E-state index in [1.165, 1.54) is 19.1 Å². The van der Waals surface area contributed by atoms with Crippen LogP contribution in [0.4, 0.5) is 0 Å². The lowest BCUT2D eigenvalue weighted by Gasteiger charge is -2.09. The van der Waals surface area contributed by atoms with Crippen LogP contribution in [0.1, 0.15) is 17.3 Å². The molecular weight excluding hydrogens is 264 g/mol. The van der Waals surface area contributed by atoms with Crippen LogP contribution in [-0.2, 0) is 10.0 Å². The number of fused-ring (bicyclic) bond motifs is 1. The summed E-state index contributed by atoms with van der Waals surface area (Å²) in [7, 11) is -3.53. The molecule has 6 heteroatoms. The highest BCUT2D eigenvalue weighted by atomic mass is 32.2. The minimum absolute atomic E-state index is 0.0484. The Hall–Kier alpha value is -1.24. The molecule has 1 aromatic carbocycles. The largest absolute Gasteiger partial charge is 0.316 e. The van der Waals surface area contributed by atoms with Gasteiger partial charge in [0.1, 0.15) is 0 Å². The molecule has 2 atom stereocenters. The molecule has 2 aliphatic rings. The molecule has 102 valence electrons. The quantitative estimate of drug-likeness (QED) is 0.782. The Kier molecular flexibility index (Phi) is 2.96. The third-order valence-corrected chi connectivity index (χ3v) is 5.39. The van der Waals surface area contributed by atoms with Crippen LogP contribution in [-0.4, -0.2) is 33.3 Å². The predicted molar refractivity (Wildman–Crippen MR) is 70.4 cm³/mol. The van der Waals surface area contributed by atoms with Crippen molar-refractivity contribution < 1.29 is 13.2 Å². The number of ketones is 1. The number of benzene rings is 1. The van der Waals surface area contributed by atoms with Gasteiger partial charge >= 0.3 is 0 Å². The van der Waals surface area contributed by atoms with Gasteiger partial charge in [0.25, 0.3) is 0 Å². The van der Waals surface area contributed by atoms with Crippen molar-refractivity contribution in [2.75, 3.05) is 13.1 Å². The van der Waals surface area contributed by atoms with Crippen molar-refractivity contribution in [3.63, 3.8) is 0 Å². The summed E-state index contributed by atoms with van der Waals surface area (Å²) in [6, 6.07) is 6.22. The molecule has 19 heavy (non-hydrogen) atoms. The first-order chi connectivity index (χ1) is 8.99. The molecule has 2 N–H and O–H groups in total. The van der Waals surface area contributed by atoms with Crippen LogP contribution in [0.25, 0.3) is 0 Å². The van der Waals surface area contributed by atoms with Gasteiger partial charge in [0, 0.05) is 11.6 Å². The van der Waals surface area contributed by atoms with Gasteiger partial charge in [-0.3, -0.25) is 4.79 Å². The zero-order valence-electron chi connectivity index (χ0n) is 10.6. The molecule has 3 rings (SSSR count). The maximum Gasteiger partial charge on any atom is 0.240 e. The van der Waals surface area contributed by atoms with Gasteiger partial charge in [-0.1, -0.05) is 12.1 Å². The second-order valence-electron chi connectivity index (χ2n) is 5.22. The van der Waals surface area contributed by atoms with E-state index in [0.717, 1.165) is 13.1 Å². The molecule has 0 bridgehead atoms. The monoisotopic (exact) mass is 280 g/mol. The van der Waals surface area contributed by atoms with Crippen LogP contribution >= 0.6 is 0 Å². The lowest BCUT2D eigenvalue weighted by atomic mass is 10.2. The highest BCUT2D eigenvalue weighted by Crippen LogP contribution is 2.42. The van der Waals surface area contributed by atoms with E-state index in [9.17, 15) is 13.2 Å². The van der Waals surface area contributed by atoms with Crippen LogP contribution in [0, 0.1) is 11.8 Å². The Bertz CT molecular complexity index is 617. The summed E-state index contributed by atoms with van der Waals surface area (Å²) >= 11 is 0. The summed E-state index contributed by atoms with van der Waals surface area (Å²) in [4.78, 5) is 11.5. The van der Waals surface area contributed by atoms with Gasteiger partial charge in [-0.2, -0.15) is 0 Å². The maximum atomic E-state index is 12.2. The normalized spacial score (nSPS) is 29.0. The summed E-state index contributed by atoms with van der Waals surface area (Å²) in [5.74, 6) is 0.709. The molecule has 1 saturated heterocycles. The van der Waals surface area contributed by atoms with E-state index in [2.05, 4.69) is 10.0 Å². The molecule has 0 amide bonds. The summed E-state index contributed by atoms with van der Waals surface area (Å²) in [6.45, 7) is 3.19. The Morgan fingerprint density at radius 2 is 2.00 bits per heavy atom. The van der Waals surface area contributed by atoms with Crippen molar-refractivity contribution in [2.45, 2.75) is 17.9 Å². The first-order valence-electron chi connectivity index (χ1n) is 6.33. The van der Waals surface area contributed by atoms with Crippen LogP contribution in [0.2, 0.25) is 0 Å². The fraction of sp³-hybridized carbons (Fsp3) is 0.462. The molecule has 1 aliphatic heterocycles. The molecule has 1 saturated carbocycles. The number of rotatable bonds is 4. The van der Waals surface area contributed by atoms with Gasteiger partial charge in [-0.25, -0.2) is 13.1 Å². The van der Waals surface area contributed by atoms with Gasteiger partial charge in [0.05, 0.1) is 4.90 Å². The lowest BCUT2D eigenvalue weighted by molar-refractivity contribution is 0.101. The third kappa shape index (κ3) is 2.31. The first kappa shape index (κ1) is 12.8. The molecular formula is C13H16N2O3S. The number of hydrogen-bond acceptors (Lipinski definition) is 4. The standard InChI is InChI=1S/C13H16N2O3S/c1-8(16)9-3-2-4-10(5-9)19(17,18)15-13-11-6-14-7-12(11)13/h2-5,11-15H,6-7H2,1H3. The summed E-state index contributed by atoms with van der Waals surface area (Å²) < 4.78 is 27.2. The molecule has 5 nitrogen and oxygen atoms in total. The Morgan fingerprint density at radius 3 is 2.63 bits per heavy atom. The van der Waals surface area contributed by atoms with Gasteiger partial charge in [-0.15, -0.1) is 0 Å². The minimum Gasteiger partial charge on any atom is -0.316 e. The Morgan fingerprint density at radius 1 is 1.32 bits per heavy atom. The average Bonchev–Trinajstić information content (AvgIpc) is 2.82. The smallest absolute Gasteiger partial charge is 0.240 e. The number of piperidine rings is 1. The second-order valence-corrected chi connectivity index (χ2v) is 6.93. The molecule has 1 heterocycles. The number of carbonyl (C=O) groups is 1. The number of hydrogen-bond donors (Lipinski definition) is 2. The minimum atomic E-state index is -3.53. The van der Waals surface area contributed by atoms with Crippen LogP contribution < -0.4 is 10.0 Å². The highest BCUT2D eigenvalue weighted by Gasteiger charge is 2.54.